The lowest BCUT2D eigenvalue weighted by atomic mass is 10.5. The van der Waals surface area contributed by atoms with Crippen LogP contribution < -0.4 is 5.73 Å². The number of fused-ring (bicyclic) bond motifs is 1. The minimum absolute atomic E-state index is 0.0322. The maximum absolute atomic E-state index is 11.7. The van der Waals surface area contributed by atoms with Gasteiger partial charge in [-0.25, -0.2) is 4.98 Å². The zero-order valence-electron chi connectivity index (χ0n) is 8.42. The lowest BCUT2D eigenvalue weighted by Gasteiger charge is -2.05. The van der Waals surface area contributed by atoms with Crippen LogP contribution in [0.2, 0.25) is 0 Å². The predicted molar refractivity (Wildman–Crippen MR) is 63.4 cm³/mol. The molecule has 2 aromatic heterocycles. The van der Waals surface area contributed by atoms with Crippen LogP contribution in [-0.4, -0.2) is 25.4 Å². The van der Waals surface area contributed by atoms with Crippen LogP contribution in [0.1, 0.15) is 12.6 Å². The highest BCUT2D eigenvalue weighted by atomic mass is 32.2. The van der Waals surface area contributed by atoms with E-state index in [2.05, 4.69) is 4.98 Å². The van der Waals surface area contributed by atoms with E-state index in [1.165, 1.54) is 0 Å². The van der Waals surface area contributed by atoms with Crippen LogP contribution in [0.15, 0.2) is 17.8 Å². The second kappa shape index (κ2) is 4.42. The van der Waals surface area contributed by atoms with E-state index in [1.807, 2.05) is 29.1 Å². The van der Waals surface area contributed by atoms with Gasteiger partial charge in [0.2, 0.25) is 0 Å². The standard InChI is InChI=1S/C9H13N3OS2/c1-7(4-10)15(13)6-8-5-12-2-3-14-9(12)11-8/h2-3,5,7H,4,6,10H2,1H3. The fourth-order valence-corrected chi connectivity index (χ4v) is 2.89. The van der Waals surface area contributed by atoms with Gasteiger partial charge in [0, 0.05) is 40.4 Å². The summed E-state index contributed by atoms with van der Waals surface area (Å²) in [5, 5.41) is 2.01. The van der Waals surface area contributed by atoms with Crippen molar-refractivity contribution in [3.8, 4) is 0 Å². The molecule has 0 spiro atoms. The van der Waals surface area contributed by atoms with Crippen molar-refractivity contribution in [1.29, 1.82) is 0 Å². The molecule has 2 unspecified atom stereocenters. The number of rotatable bonds is 4. The topological polar surface area (TPSA) is 60.4 Å². The Kier molecular flexibility index (Phi) is 3.18. The van der Waals surface area contributed by atoms with Crippen LogP contribution in [0.5, 0.6) is 0 Å². The molecule has 2 N–H and O–H groups in total. The highest BCUT2D eigenvalue weighted by molar-refractivity contribution is 7.84. The third-order valence-electron chi connectivity index (χ3n) is 2.21. The Bertz CT molecular complexity index is 448. The smallest absolute Gasteiger partial charge is 0.193 e. The van der Waals surface area contributed by atoms with Crippen LogP contribution in [-0.2, 0) is 16.6 Å². The van der Waals surface area contributed by atoms with E-state index in [-0.39, 0.29) is 5.25 Å². The van der Waals surface area contributed by atoms with Crippen molar-refractivity contribution in [1.82, 2.24) is 9.38 Å². The molecule has 15 heavy (non-hydrogen) atoms. The normalized spacial score (nSPS) is 15.6. The van der Waals surface area contributed by atoms with Crippen molar-refractivity contribution in [3.63, 3.8) is 0 Å². The van der Waals surface area contributed by atoms with Crippen LogP contribution in [0.3, 0.4) is 0 Å². The van der Waals surface area contributed by atoms with E-state index in [4.69, 9.17) is 5.73 Å². The molecule has 0 aliphatic rings. The number of imidazole rings is 1. The monoisotopic (exact) mass is 243 g/mol. The SMILES string of the molecule is CC(CN)S(=O)Cc1cn2ccsc2n1. The quantitative estimate of drug-likeness (QED) is 0.871. The zero-order valence-corrected chi connectivity index (χ0v) is 10.1. The van der Waals surface area contributed by atoms with Crippen molar-refractivity contribution in [2.75, 3.05) is 6.54 Å². The summed E-state index contributed by atoms with van der Waals surface area (Å²) in [7, 11) is -0.923. The largest absolute Gasteiger partial charge is 0.329 e. The first-order valence-corrected chi connectivity index (χ1v) is 6.95. The molecule has 0 aliphatic heterocycles. The third-order valence-corrected chi connectivity index (χ3v) is 4.66. The van der Waals surface area contributed by atoms with E-state index in [9.17, 15) is 4.21 Å². The molecule has 2 heterocycles. The van der Waals surface area contributed by atoms with Gasteiger partial charge in [-0.05, 0) is 6.92 Å². The number of nitrogens with two attached hydrogens (primary N) is 1. The first-order valence-electron chi connectivity index (χ1n) is 4.69. The van der Waals surface area contributed by atoms with E-state index in [0.717, 1.165) is 10.7 Å². The first kappa shape index (κ1) is 10.8. The van der Waals surface area contributed by atoms with Crippen molar-refractivity contribution in [3.05, 3.63) is 23.5 Å². The van der Waals surface area contributed by atoms with Crippen LogP contribution in [0, 0.1) is 0 Å². The number of hydrogen-bond donors (Lipinski definition) is 1. The molecule has 4 nitrogen and oxygen atoms in total. The van der Waals surface area contributed by atoms with E-state index in [1.54, 1.807) is 11.3 Å². The number of hydrogen-bond acceptors (Lipinski definition) is 4. The number of nitrogens with zero attached hydrogens (tertiary/aromatic N) is 2. The highest BCUT2D eigenvalue weighted by Gasteiger charge is 2.12. The van der Waals surface area contributed by atoms with Gasteiger partial charge in [0.1, 0.15) is 0 Å². The maximum Gasteiger partial charge on any atom is 0.193 e. The number of thiazole rings is 1. The lowest BCUT2D eigenvalue weighted by Crippen LogP contribution is -2.22. The molecule has 82 valence electrons. The summed E-state index contributed by atoms with van der Waals surface area (Å²) in [5.41, 5.74) is 6.34. The molecule has 0 aromatic carbocycles. The molecule has 0 saturated carbocycles. The fraction of sp³-hybridized carbons (Fsp3) is 0.444. The summed E-state index contributed by atoms with van der Waals surface area (Å²) < 4.78 is 13.7. The Balaban J connectivity index is 2.12. The van der Waals surface area contributed by atoms with Gasteiger partial charge < -0.3 is 5.73 Å². The Labute approximate surface area is 94.6 Å². The van der Waals surface area contributed by atoms with Gasteiger partial charge in [-0.15, -0.1) is 11.3 Å². The van der Waals surface area contributed by atoms with Crippen molar-refractivity contribution in [2.24, 2.45) is 5.73 Å². The number of aromatic nitrogens is 2. The average molecular weight is 243 g/mol. The van der Waals surface area contributed by atoms with Gasteiger partial charge >= 0.3 is 0 Å². The Morgan fingerprint density at radius 3 is 3.20 bits per heavy atom. The zero-order chi connectivity index (χ0) is 10.8. The van der Waals surface area contributed by atoms with Gasteiger partial charge in [-0.1, -0.05) is 0 Å². The minimum atomic E-state index is -0.923. The van der Waals surface area contributed by atoms with Gasteiger partial charge in [-0.2, -0.15) is 0 Å². The van der Waals surface area contributed by atoms with Gasteiger partial charge in [-0.3, -0.25) is 8.61 Å². The molecule has 0 aliphatic carbocycles. The molecule has 2 aromatic rings. The molecule has 0 amide bonds. The summed E-state index contributed by atoms with van der Waals surface area (Å²) in [4.78, 5) is 5.32. The van der Waals surface area contributed by atoms with Gasteiger partial charge in [0.15, 0.2) is 4.96 Å². The van der Waals surface area contributed by atoms with Crippen LogP contribution in [0.4, 0.5) is 0 Å². The second-order valence-electron chi connectivity index (χ2n) is 3.40. The maximum atomic E-state index is 11.7. The summed E-state index contributed by atoms with van der Waals surface area (Å²) in [5.74, 6) is 0.493. The molecule has 6 heteroatoms. The van der Waals surface area contributed by atoms with Gasteiger partial charge in [0.05, 0.1) is 11.4 Å². The Morgan fingerprint density at radius 2 is 2.53 bits per heavy atom. The molecular formula is C9H13N3OS2. The Morgan fingerprint density at radius 1 is 1.73 bits per heavy atom. The van der Waals surface area contributed by atoms with E-state index < -0.39 is 10.8 Å². The van der Waals surface area contributed by atoms with E-state index in [0.29, 0.717) is 12.3 Å². The molecule has 0 fully saturated rings. The van der Waals surface area contributed by atoms with Gasteiger partial charge in [0.25, 0.3) is 0 Å². The second-order valence-corrected chi connectivity index (χ2v) is 6.12. The van der Waals surface area contributed by atoms with Crippen molar-refractivity contribution < 1.29 is 4.21 Å². The van der Waals surface area contributed by atoms with Crippen LogP contribution in [0.25, 0.3) is 4.96 Å². The molecule has 0 bridgehead atoms. The Hall–Kier alpha value is -0.720. The van der Waals surface area contributed by atoms with Crippen LogP contribution >= 0.6 is 11.3 Å². The molecular weight excluding hydrogens is 230 g/mol. The molecule has 0 saturated heterocycles. The molecule has 0 radical (unpaired) electrons. The third kappa shape index (κ3) is 2.27. The highest BCUT2D eigenvalue weighted by Crippen LogP contribution is 2.13. The lowest BCUT2D eigenvalue weighted by molar-refractivity contribution is 0.672. The first-order chi connectivity index (χ1) is 7.20. The summed E-state index contributed by atoms with van der Waals surface area (Å²) in [6, 6.07) is 0. The fourth-order valence-electron chi connectivity index (χ4n) is 1.24. The summed E-state index contributed by atoms with van der Waals surface area (Å²) in [6.45, 7) is 2.35. The summed E-state index contributed by atoms with van der Waals surface area (Å²) >= 11 is 1.58. The van der Waals surface area contributed by atoms with Crippen molar-refractivity contribution >= 4 is 27.1 Å². The molecule has 2 rings (SSSR count). The van der Waals surface area contributed by atoms with E-state index >= 15 is 0 Å². The molecule has 2 atom stereocenters. The minimum Gasteiger partial charge on any atom is -0.329 e. The van der Waals surface area contributed by atoms with Crippen molar-refractivity contribution in [2.45, 2.75) is 17.9 Å². The predicted octanol–water partition coefficient (Wildman–Crippen LogP) is 0.992. The summed E-state index contributed by atoms with van der Waals surface area (Å²) in [6.07, 6.45) is 3.87. The average Bonchev–Trinajstić information content (AvgIpc) is 2.76.